The molecule has 0 aromatic heterocycles. The SMILES string of the molecule is CN[C@@H]1[C@@H](O)[C@@H](O[C@@H]2[C@@H](O)[C@H](O[C@H]3OC(CN)=CC[C@H]3N)[C@@H](N)C[C@H]2N)OC[C@]1(C)O.CN[C@@H]1[C@@H](O)[C@@H](O[C@@H]2[C@@H](O)[C@H](O[C@H]3OC(CN)=CC[C@H]3N)[C@@H](N)C[C@H]2N)OC[C@]1(C)O.O=S(=O)(O)O.O=S(=O)(O)O.O=S(=O)(O)O.O=S(=O)(O)O.O=S(=O)(O)O. The summed E-state index contributed by atoms with van der Waals surface area (Å²) in [7, 11) is -20.1. The molecular formula is C38H84N10O34S5. The molecule has 2 saturated carbocycles. The minimum atomic E-state index is -4.67. The number of ether oxygens (including phenoxy) is 8. The van der Waals surface area contributed by atoms with E-state index < -0.39 is 186 Å². The zero-order valence-corrected chi connectivity index (χ0v) is 50.6. The van der Waals surface area contributed by atoms with E-state index in [0.717, 1.165) is 0 Å². The fourth-order valence-electron chi connectivity index (χ4n) is 8.88. The average Bonchev–Trinajstić information content (AvgIpc) is 1.34. The van der Waals surface area contributed by atoms with Gasteiger partial charge in [0.05, 0.1) is 50.5 Å². The topological polar surface area (TPSA) is 800 Å². The molecule has 0 aromatic carbocycles. The van der Waals surface area contributed by atoms with Gasteiger partial charge in [0.1, 0.15) is 71.6 Å². The molecule has 22 atom stereocenters. The van der Waals surface area contributed by atoms with Gasteiger partial charge in [-0.2, -0.15) is 42.1 Å². The third-order valence-electron chi connectivity index (χ3n) is 12.4. The second-order valence-electron chi connectivity index (χ2n) is 19.9. The summed E-state index contributed by atoms with van der Waals surface area (Å²) in [6.07, 6.45) is -7.13. The maximum absolute atomic E-state index is 11.0. The first kappa shape index (κ1) is 84.5. The van der Waals surface area contributed by atoms with Gasteiger partial charge in [-0.3, -0.25) is 45.5 Å². The Morgan fingerprint density at radius 1 is 0.448 bits per heavy atom. The third-order valence-corrected chi connectivity index (χ3v) is 12.4. The molecular weight excluding hydrogens is 1300 g/mol. The molecule has 0 unspecified atom stereocenters. The minimum Gasteiger partial charge on any atom is -0.467 e. The van der Waals surface area contributed by atoms with Crippen molar-refractivity contribution in [3.8, 4) is 0 Å². The largest absolute Gasteiger partial charge is 0.467 e. The van der Waals surface area contributed by atoms with Crippen LogP contribution in [0.4, 0.5) is 0 Å². The van der Waals surface area contributed by atoms with E-state index in [4.69, 9.17) is 171 Å². The third kappa shape index (κ3) is 34.2. The van der Waals surface area contributed by atoms with Gasteiger partial charge >= 0.3 is 52.0 Å². The zero-order chi connectivity index (χ0) is 68.3. The smallest absolute Gasteiger partial charge is 0.394 e. The van der Waals surface area contributed by atoms with E-state index in [0.29, 0.717) is 37.2 Å². The van der Waals surface area contributed by atoms with Crippen LogP contribution in [0.5, 0.6) is 0 Å². The number of rotatable bonds is 12. The van der Waals surface area contributed by atoms with Crippen LogP contribution in [0.15, 0.2) is 23.7 Å². The molecule has 44 nitrogen and oxygen atoms in total. The Kier molecular flexibility index (Phi) is 35.1. The maximum Gasteiger partial charge on any atom is 0.394 e. The summed E-state index contributed by atoms with van der Waals surface area (Å²) in [6, 6.07) is -4.74. The Morgan fingerprint density at radius 2 is 0.667 bits per heavy atom. The van der Waals surface area contributed by atoms with Crippen molar-refractivity contribution >= 4 is 52.0 Å². The van der Waals surface area contributed by atoms with E-state index in [1.54, 1.807) is 40.1 Å². The van der Waals surface area contributed by atoms with E-state index >= 15 is 0 Å². The molecule has 87 heavy (non-hydrogen) atoms. The Hall–Kier alpha value is -2.45. The highest BCUT2D eigenvalue weighted by molar-refractivity contribution is 7.80. The lowest BCUT2D eigenvalue weighted by molar-refractivity contribution is -0.303. The van der Waals surface area contributed by atoms with Crippen molar-refractivity contribution in [1.29, 1.82) is 0 Å². The van der Waals surface area contributed by atoms with Crippen LogP contribution in [-0.4, -0.2) is 292 Å². The van der Waals surface area contributed by atoms with Gasteiger partial charge in [-0.05, 0) is 65.8 Å². The fourth-order valence-corrected chi connectivity index (χ4v) is 8.88. The first-order chi connectivity index (χ1) is 39.2. The van der Waals surface area contributed by atoms with E-state index in [2.05, 4.69) is 10.6 Å². The van der Waals surface area contributed by atoms with Gasteiger partial charge in [0.25, 0.3) is 0 Å². The molecule has 520 valence electrons. The van der Waals surface area contributed by atoms with Gasteiger partial charge in [-0.1, -0.05) is 0 Å². The van der Waals surface area contributed by atoms with Gasteiger partial charge in [0, 0.05) is 24.2 Å². The molecule has 0 radical (unpaired) electrons. The minimum absolute atomic E-state index is 0.0727. The second-order valence-corrected chi connectivity index (χ2v) is 24.3. The molecule has 2 aliphatic carbocycles. The number of aliphatic hydroxyl groups is 6. The van der Waals surface area contributed by atoms with Crippen molar-refractivity contribution in [2.45, 2.75) is 173 Å². The van der Waals surface area contributed by atoms with Gasteiger partial charge in [-0.15, -0.1) is 0 Å². The molecule has 0 spiro atoms. The summed E-state index contributed by atoms with van der Waals surface area (Å²) in [4.78, 5) is 0. The normalized spacial score (nSPS) is 38.1. The average molecular weight is 1390 g/mol. The van der Waals surface area contributed by atoms with Crippen molar-refractivity contribution in [3.63, 3.8) is 0 Å². The van der Waals surface area contributed by atoms with Crippen molar-refractivity contribution < 1.29 is 156 Å². The van der Waals surface area contributed by atoms with Gasteiger partial charge in [0.2, 0.25) is 12.6 Å². The van der Waals surface area contributed by atoms with E-state index in [9.17, 15) is 30.6 Å². The van der Waals surface area contributed by atoms with Crippen LogP contribution in [0.2, 0.25) is 0 Å². The van der Waals surface area contributed by atoms with Crippen LogP contribution in [0.3, 0.4) is 0 Å². The molecule has 34 N–H and O–H groups in total. The summed E-state index contributed by atoms with van der Waals surface area (Å²) in [5.74, 6) is 1.11. The van der Waals surface area contributed by atoms with Crippen LogP contribution >= 0.6 is 0 Å². The van der Waals surface area contributed by atoms with Crippen LogP contribution in [0, 0.1) is 0 Å². The number of nitrogens with one attached hydrogen (secondary N) is 2. The fraction of sp³-hybridized carbons (Fsp3) is 0.895. The van der Waals surface area contributed by atoms with Gasteiger partial charge in [-0.25, -0.2) is 0 Å². The predicted octanol–water partition coefficient (Wildman–Crippen LogP) is -11.0. The zero-order valence-electron chi connectivity index (χ0n) is 46.5. The Labute approximate surface area is 500 Å². The first-order valence-electron chi connectivity index (χ1n) is 24.7. The molecule has 4 fully saturated rings. The van der Waals surface area contributed by atoms with E-state index in [-0.39, 0.29) is 26.3 Å². The van der Waals surface area contributed by atoms with Crippen molar-refractivity contribution in [2.24, 2.45) is 45.9 Å². The monoisotopic (exact) mass is 1380 g/mol. The molecule has 6 aliphatic rings. The predicted molar refractivity (Wildman–Crippen MR) is 291 cm³/mol. The summed E-state index contributed by atoms with van der Waals surface area (Å²) >= 11 is 0. The van der Waals surface area contributed by atoms with Gasteiger partial charge < -0.3 is 125 Å². The summed E-state index contributed by atoms with van der Waals surface area (Å²) in [5, 5.41) is 69.8. The number of hydrogen-bond donors (Lipinski definition) is 26. The molecule has 0 aromatic rings. The molecule has 49 heteroatoms. The lowest BCUT2D eigenvalue weighted by atomic mass is 9.84. The first-order valence-corrected chi connectivity index (χ1v) is 31.7. The summed E-state index contributed by atoms with van der Waals surface area (Å²) in [6.45, 7) is 3.36. The van der Waals surface area contributed by atoms with Crippen molar-refractivity contribution in [2.75, 3.05) is 40.4 Å². The van der Waals surface area contributed by atoms with Gasteiger partial charge in [0.15, 0.2) is 12.6 Å². The van der Waals surface area contributed by atoms with Crippen LogP contribution in [-0.2, 0) is 89.9 Å². The van der Waals surface area contributed by atoms with E-state index in [1.165, 1.54) is 0 Å². The highest BCUT2D eigenvalue weighted by Gasteiger charge is 2.53. The highest BCUT2D eigenvalue weighted by atomic mass is 32.3. The Balaban J connectivity index is 0.00000122. The van der Waals surface area contributed by atoms with Crippen molar-refractivity contribution in [1.82, 2.24) is 10.6 Å². The quantitative estimate of drug-likeness (QED) is 0.0807. The van der Waals surface area contributed by atoms with Crippen LogP contribution < -0.4 is 56.5 Å². The second kappa shape index (κ2) is 36.1. The number of nitrogens with two attached hydrogens (primary N) is 8. The molecule has 4 aliphatic heterocycles. The van der Waals surface area contributed by atoms with Crippen molar-refractivity contribution in [3.05, 3.63) is 23.7 Å². The van der Waals surface area contributed by atoms with Crippen LogP contribution in [0.25, 0.3) is 0 Å². The number of aliphatic hydroxyl groups excluding tert-OH is 4. The molecule has 0 amide bonds. The summed E-state index contributed by atoms with van der Waals surface area (Å²) in [5.41, 5.74) is 45.7. The molecule has 2 saturated heterocycles. The standard InChI is InChI=1S/2C19H37N5O7.5H2O4S/c2*1-19(27)7-28-18(13(26)16(19)24-2)31-15-11(23)5-10(22)14(12(15)25)30-17-9(21)4-3-8(6-20)29-17;5*1-5(2,3)4/h2*3,9-18,24-27H,4-7,20-23H2,1-2H3;5*(H2,1,2,3,4)/t2*9-,10+,11-,12+,13-,14-,15+,16-,17-,18-,19+;;;;;/m11...../s1. The molecule has 4 heterocycles. The maximum atomic E-state index is 11.0. The summed E-state index contributed by atoms with van der Waals surface area (Å²) < 4.78 is 204. The van der Waals surface area contributed by atoms with E-state index in [1.807, 2.05) is 0 Å². The molecule has 6 rings (SSSR count). The highest BCUT2D eigenvalue weighted by Crippen LogP contribution is 2.33. The lowest BCUT2D eigenvalue weighted by Crippen LogP contribution is -2.68. The lowest BCUT2D eigenvalue weighted by Gasteiger charge is -2.48. The van der Waals surface area contributed by atoms with Crippen LogP contribution in [0.1, 0.15) is 39.5 Å². The Morgan fingerprint density at radius 3 is 0.874 bits per heavy atom. The number of hydrogen-bond acceptors (Lipinski definition) is 34. The number of likely N-dealkylation sites (N-methyl/N-ethyl adjacent to an activating group) is 2. The molecule has 0 bridgehead atoms. The Bertz CT molecular complexity index is 2390.